The first-order valence-electron chi connectivity index (χ1n) is 8.26. The van der Waals surface area contributed by atoms with Gasteiger partial charge < -0.3 is 5.32 Å². The summed E-state index contributed by atoms with van der Waals surface area (Å²) in [6.07, 6.45) is 4.48. The Labute approximate surface area is 152 Å². The highest BCUT2D eigenvalue weighted by atomic mass is 32.1. The van der Waals surface area contributed by atoms with E-state index in [1.54, 1.807) is 6.92 Å². The molecule has 4 nitrogen and oxygen atoms in total. The summed E-state index contributed by atoms with van der Waals surface area (Å²) < 4.78 is 31.9. The Morgan fingerprint density at radius 2 is 2.20 bits per heavy atom. The molecule has 0 aliphatic heterocycles. The van der Waals surface area contributed by atoms with Crippen LogP contribution in [0.15, 0.2) is 11.6 Å². The summed E-state index contributed by atoms with van der Waals surface area (Å²) in [4.78, 5) is 17.6. The summed E-state index contributed by atoms with van der Waals surface area (Å²) in [7, 11) is 0. The highest BCUT2D eigenvalue weighted by molar-refractivity contribution is 7.18. The number of hydrogen-bond acceptors (Lipinski definition) is 5. The molecule has 0 spiro atoms. The van der Waals surface area contributed by atoms with Gasteiger partial charge in [0.15, 0.2) is 0 Å². The van der Waals surface area contributed by atoms with Crippen LogP contribution in [0.3, 0.4) is 0 Å². The van der Waals surface area contributed by atoms with Crippen LogP contribution in [0.4, 0.5) is 13.8 Å². The van der Waals surface area contributed by atoms with Crippen LogP contribution >= 0.6 is 22.9 Å². The standard InChI is InChI=1S/C17H17F2N3OS2/c1-9-20-16(25-22-9)13-11-6-7-17(18,19)8-12(11)24-15(13)21-14(23)10-4-2-3-5-10/h4H,2-3,5-8H2,1H3,(H,21,23). The van der Waals surface area contributed by atoms with Crippen LogP contribution in [0.2, 0.25) is 0 Å². The zero-order valence-corrected chi connectivity index (χ0v) is 15.3. The lowest BCUT2D eigenvalue weighted by Gasteiger charge is -2.21. The number of carbonyl (C=O) groups is 1. The maximum Gasteiger partial charge on any atom is 0.253 e. The molecular weight excluding hydrogens is 364 g/mol. The number of thiophene rings is 1. The van der Waals surface area contributed by atoms with Crippen LogP contribution < -0.4 is 5.32 Å². The maximum atomic E-state index is 13.8. The topological polar surface area (TPSA) is 54.9 Å². The number of carbonyl (C=O) groups excluding carboxylic acids is 1. The van der Waals surface area contributed by atoms with E-state index in [0.29, 0.717) is 27.1 Å². The Hall–Kier alpha value is -1.67. The second-order valence-corrected chi connectivity index (χ2v) is 8.32. The van der Waals surface area contributed by atoms with Crippen molar-refractivity contribution in [1.29, 1.82) is 0 Å². The minimum Gasteiger partial charge on any atom is -0.313 e. The first-order valence-corrected chi connectivity index (χ1v) is 9.85. The average molecular weight is 381 g/mol. The van der Waals surface area contributed by atoms with E-state index in [2.05, 4.69) is 14.7 Å². The molecule has 2 aromatic rings. The molecule has 0 saturated heterocycles. The first-order chi connectivity index (χ1) is 11.9. The molecule has 8 heteroatoms. The van der Waals surface area contributed by atoms with E-state index in [9.17, 15) is 13.6 Å². The molecule has 25 heavy (non-hydrogen) atoms. The molecule has 1 amide bonds. The molecule has 2 aliphatic carbocycles. The SMILES string of the molecule is Cc1nsc(-c2c(NC(=O)C3=CCCC3)sc3c2CCC(F)(F)C3)n1. The molecule has 0 atom stereocenters. The van der Waals surface area contributed by atoms with Crippen LogP contribution in [0.5, 0.6) is 0 Å². The third-order valence-corrected chi connectivity index (χ3v) is 6.52. The summed E-state index contributed by atoms with van der Waals surface area (Å²) in [5, 5.41) is 4.26. The molecule has 132 valence electrons. The largest absolute Gasteiger partial charge is 0.313 e. The number of rotatable bonds is 3. The monoisotopic (exact) mass is 381 g/mol. The second-order valence-electron chi connectivity index (χ2n) is 6.46. The lowest BCUT2D eigenvalue weighted by molar-refractivity contribution is -0.112. The van der Waals surface area contributed by atoms with Gasteiger partial charge in [0, 0.05) is 23.3 Å². The van der Waals surface area contributed by atoms with Gasteiger partial charge in [-0.05, 0) is 49.7 Å². The molecule has 4 rings (SSSR count). The Morgan fingerprint density at radius 3 is 2.88 bits per heavy atom. The van der Waals surface area contributed by atoms with E-state index >= 15 is 0 Å². The molecule has 0 aromatic carbocycles. The number of halogens is 2. The summed E-state index contributed by atoms with van der Waals surface area (Å²) >= 11 is 2.50. The third-order valence-electron chi connectivity index (χ3n) is 4.55. The zero-order valence-electron chi connectivity index (χ0n) is 13.7. The number of aryl methyl sites for hydroxylation is 1. The summed E-state index contributed by atoms with van der Waals surface area (Å²) in [5.41, 5.74) is 2.45. The van der Waals surface area contributed by atoms with Crippen LogP contribution in [0.25, 0.3) is 10.6 Å². The fourth-order valence-electron chi connectivity index (χ4n) is 3.32. The van der Waals surface area contributed by atoms with E-state index in [0.717, 1.165) is 36.0 Å². The van der Waals surface area contributed by atoms with Gasteiger partial charge in [-0.1, -0.05) is 6.08 Å². The third kappa shape index (κ3) is 3.25. The van der Waals surface area contributed by atoms with Crippen molar-refractivity contribution in [2.45, 2.75) is 51.4 Å². The van der Waals surface area contributed by atoms with Crippen LogP contribution in [-0.2, 0) is 17.6 Å². The minimum atomic E-state index is -2.68. The van der Waals surface area contributed by atoms with Crippen molar-refractivity contribution in [3.63, 3.8) is 0 Å². The first kappa shape index (κ1) is 16.8. The number of allylic oxidation sites excluding steroid dienone is 1. The van der Waals surface area contributed by atoms with Crippen molar-refractivity contribution >= 4 is 33.8 Å². The predicted octanol–water partition coefficient (Wildman–Crippen LogP) is 4.75. The van der Waals surface area contributed by atoms with Crippen LogP contribution in [-0.4, -0.2) is 21.2 Å². The van der Waals surface area contributed by atoms with Crippen molar-refractivity contribution in [2.75, 3.05) is 5.32 Å². The Bertz CT molecular complexity index is 869. The number of fused-ring (bicyclic) bond motifs is 1. The lowest BCUT2D eigenvalue weighted by Crippen LogP contribution is -2.24. The van der Waals surface area contributed by atoms with E-state index < -0.39 is 5.92 Å². The van der Waals surface area contributed by atoms with Gasteiger partial charge in [-0.2, -0.15) is 4.37 Å². The minimum absolute atomic E-state index is 0.134. The van der Waals surface area contributed by atoms with Gasteiger partial charge in [-0.25, -0.2) is 13.8 Å². The van der Waals surface area contributed by atoms with Gasteiger partial charge in [0.1, 0.15) is 15.8 Å². The Balaban J connectivity index is 1.74. The number of nitrogens with one attached hydrogen (secondary N) is 1. The molecular formula is C17H17F2N3OS2. The van der Waals surface area contributed by atoms with Gasteiger partial charge in [-0.3, -0.25) is 4.79 Å². The Kier molecular flexibility index (Phi) is 4.19. The van der Waals surface area contributed by atoms with Gasteiger partial charge in [-0.15, -0.1) is 11.3 Å². The number of hydrogen-bond donors (Lipinski definition) is 1. The fraction of sp³-hybridized carbons (Fsp3) is 0.471. The summed E-state index contributed by atoms with van der Waals surface area (Å²) in [6.45, 7) is 1.80. The van der Waals surface area contributed by atoms with Crippen molar-refractivity contribution in [2.24, 2.45) is 0 Å². The number of alkyl halides is 2. The van der Waals surface area contributed by atoms with E-state index in [-0.39, 0.29) is 18.7 Å². The molecule has 2 aliphatic rings. The quantitative estimate of drug-likeness (QED) is 0.835. The van der Waals surface area contributed by atoms with Crippen molar-refractivity contribution < 1.29 is 13.6 Å². The molecule has 2 heterocycles. The molecule has 2 aromatic heterocycles. The molecule has 0 radical (unpaired) electrons. The molecule has 1 N–H and O–H groups in total. The molecule has 0 unspecified atom stereocenters. The fourth-order valence-corrected chi connectivity index (χ4v) is 5.46. The lowest BCUT2D eigenvalue weighted by atomic mass is 9.93. The molecule has 0 fully saturated rings. The van der Waals surface area contributed by atoms with E-state index in [1.165, 1.54) is 22.9 Å². The van der Waals surface area contributed by atoms with Crippen molar-refractivity contribution in [3.05, 3.63) is 27.9 Å². The number of nitrogens with zero attached hydrogens (tertiary/aromatic N) is 2. The maximum absolute atomic E-state index is 13.8. The summed E-state index contributed by atoms with van der Waals surface area (Å²) in [6, 6.07) is 0. The predicted molar refractivity (Wildman–Crippen MR) is 95.5 cm³/mol. The van der Waals surface area contributed by atoms with E-state index in [4.69, 9.17) is 0 Å². The smallest absolute Gasteiger partial charge is 0.253 e. The van der Waals surface area contributed by atoms with Crippen LogP contribution in [0, 0.1) is 6.92 Å². The van der Waals surface area contributed by atoms with Gasteiger partial charge >= 0.3 is 0 Å². The number of aromatic nitrogens is 2. The van der Waals surface area contributed by atoms with Gasteiger partial charge in [0.25, 0.3) is 11.8 Å². The highest BCUT2D eigenvalue weighted by Gasteiger charge is 2.38. The van der Waals surface area contributed by atoms with Crippen molar-refractivity contribution in [1.82, 2.24) is 9.36 Å². The van der Waals surface area contributed by atoms with Gasteiger partial charge in [0.05, 0.1) is 5.56 Å². The normalized spacial score (nSPS) is 18.8. The van der Waals surface area contributed by atoms with Crippen molar-refractivity contribution in [3.8, 4) is 10.6 Å². The van der Waals surface area contributed by atoms with Gasteiger partial charge in [0.2, 0.25) is 0 Å². The molecule has 0 saturated carbocycles. The summed E-state index contributed by atoms with van der Waals surface area (Å²) in [5.74, 6) is -2.16. The Morgan fingerprint density at radius 1 is 1.36 bits per heavy atom. The zero-order chi connectivity index (χ0) is 17.6. The highest BCUT2D eigenvalue weighted by Crippen LogP contribution is 2.47. The number of anilines is 1. The average Bonchev–Trinajstić information content (AvgIpc) is 3.25. The molecule has 0 bridgehead atoms. The number of amides is 1. The second kappa shape index (κ2) is 6.25. The van der Waals surface area contributed by atoms with E-state index in [1.807, 2.05) is 6.08 Å². The van der Waals surface area contributed by atoms with Crippen LogP contribution in [0.1, 0.15) is 41.9 Å².